The van der Waals surface area contributed by atoms with Gasteiger partial charge in [-0.2, -0.15) is 11.8 Å². The molecule has 1 N–H and O–H groups in total. The highest BCUT2D eigenvalue weighted by molar-refractivity contribution is 7.99. The van der Waals surface area contributed by atoms with Gasteiger partial charge in [-0.05, 0) is 31.6 Å². The van der Waals surface area contributed by atoms with Gasteiger partial charge in [-0.1, -0.05) is 13.3 Å². The molecular weight excluding hydrogens is 168 g/mol. The first-order valence-electron chi connectivity index (χ1n) is 5.09. The first kappa shape index (κ1) is 10.4. The molecule has 0 unspecified atom stereocenters. The van der Waals surface area contributed by atoms with Gasteiger partial charge in [0.2, 0.25) is 0 Å². The first-order chi connectivity index (χ1) is 5.86. The highest BCUT2D eigenvalue weighted by atomic mass is 32.2. The van der Waals surface area contributed by atoms with Crippen molar-refractivity contribution < 1.29 is 5.11 Å². The van der Waals surface area contributed by atoms with Crippen molar-refractivity contribution in [2.24, 2.45) is 5.92 Å². The molecule has 0 aromatic heterocycles. The zero-order valence-electron chi connectivity index (χ0n) is 7.96. The highest BCUT2D eigenvalue weighted by Crippen LogP contribution is 2.32. The second kappa shape index (κ2) is 5.87. The molecule has 0 aromatic carbocycles. The standard InChI is InChI=1S/C10H20OS/c1-2-9-3-5-10(6-4-9)12-8-7-11/h9-11H,2-8H2,1H3. The Bertz CT molecular complexity index is 108. The van der Waals surface area contributed by atoms with E-state index in [0.717, 1.165) is 16.9 Å². The number of aliphatic hydroxyl groups is 1. The average Bonchev–Trinajstić information content (AvgIpc) is 2.15. The molecular formula is C10H20OS. The Hall–Kier alpha value is 0.310. The number of thioether (sulfide) groups is 1. The summed E-state index contributed by atoms with van der Waals surface area (Å²) in [5.41, 5.74) is 0. The Morgan fingerprint density at radius 2 is 1.92 bits per heavy atom. The van der Waals surface area contributed by atoms with Crippen molar-refractivity contribution in [3.05, 3.63) is 0 Å². The molecule has 0 aliphatic heterocycles. The summed E-state index contributed by atoms with van der Waals surface area (Å²) in [4.78, 5) is 0. The fraction of sp³-hybridized carbons (Fsp3) is 1.00. The van der Waals surface area contributed by atoms with E-state index in [4.69, 9.17) is 5.11 Å². The molecule has 1 rings (SSSR count). The number of hydrogen-bond donors (Lipinski definition) is 1. The summed E-state index contributed by atoms with van der Waals surface area (Å²) in [5, 5.41) is 9.52. The molecule has 72 valence electrons. The van der Waals surface area contributed by atoms with Crippen LogP contribution in [0.3, 0.4) is 0 Å². The van der Waals surface area contributed by atoms with E-state index in [1.54, 1.807) is 0 Å². The maximum absolute atomic E-state index is 8.67. The van der Waals surface area contributed by atoms with Crippen LogP contribution in [-0.4, -0.2) is 22.7 Å². The normalized spacial score (nSPS) is 30.5. The summed E-state index contributed by atoms with van der Waals surface area (Å²) >= 11 is 1.96. The summed E-state index contributed by atoms with van der Waals surface area (Å²) in [5.74, 6) is 1.93. The minimum atomic E-state index is 0.346. The summed E-state index contributed by atoms with van der Waals surface area (Å²) < 4.78 is 0. The molecule has 2 heteroatoms. The summed E-state index contributed by atoms with van der Waals surface area (Å²) in [6.07, 6.45) is 6.95. The van der Waals surface area contributed by atoms with Gasteiger partial charge < -0.3 is 5.11 Å². The number of aliphatic hydroxyl groups excluding tert-OH is 1. The Balaban J connectivity index is 2.09. The molecule has 0 radical (unpaired) electrons. The first-order valence-corrected chi connectivity index (χ1v) is 6.14. The van der Waals surface area contributed by atoms with Crippen molar-refractivity contribution in [1.82, 2.24) is 0 Å². The lowest BCUT2D eigenvalue weighted by Crippen LogP contribution is -2.16. The summed E-state index contributed by atoms with van der Waals surface area (Å²) in [6.45, 7) is 2.64. The van der Waals surface area contributed by atoms with Gasteiger partial charge in [0, 0.05) is 11.0 Å². The maximum Gasteiger partial charge on any atom is 0.0521 e. The highest BCUT2D eigenvalue weighted by Gasteiger charge is 2.19. The lowest BCUT2D eigenvalue weighted by atomic mass is 9.87. The van der Waals surface area contributed by atoms with Crippen molar-refractivity contribution in [1.29, 1.82) is 0 Å². The Morgan fingerprint density at radius 1 is 1.25 bits per heavy atom. The minimum absolute atomic E-state index is 0.346. The van der Waals surface area contributed by atoms with E-state index in [9.17, 15) is 0 Å². The van der Waals surface area contributed by atoms with E-state index in [2.05, 4.69) is 6.92 Å². The van der Waals surface area contributed by atoms with Crippen molar-refractivity contribution in [3.63, 3.8) is 0 Å². The largest absolute Gasteiger partial charge is 0.396 e. The fourth-order valence-corrected chi connectivity index (χ4v) is 2.97. The zero-order chi connectivity index (χ0) is 8.81. The van der Waals surface area contributed by atoms with Gasteiger partial charge in [-0.15, -0.1) is 0 Å². The van der Waals surface area contributed by atoms with Crippen molar-refractivity contribution >= 4 is 11.8 Å². The molecule has 0 spiro atoms. The van der Waals surface area contributed by atoms with Crippen LogP contribution in [0, 0.1) is 5.92 Å². The van der Waals surface area contributed by atoms with Crippen molar-refractivity contribution in [2.75, 3.05) is 12.4 Å². The molecule has 1 nitrogen and oxygen atoms in total. The number of hydrogen-bond acceptors (Lipinski definition) is 2. The molecule has 1 aliphatic carbocycles. The second-order valence-corrected chi connectivity index (χ2v) is 5.05. The molecule has 0 atom stereocenters. The summed E-state index contributed by atoms with van der Waals surface area (Å²) in [6, 6.07) is 0. The molecule has 0 bridgehead atoms. The third kappa shape index (κ3) is 3.36. The van der Waals surface area contributed by atoms with Gasteiger partial charge in [0.15, 0.2) is 0 Å². The van der Waals surface area contributed by atoms with Crippen LogP contribution in [0.2, 0.25) is 0 Å². The van der Waals surface area contributed by atoms with Crippen LogP contribution in [0.5, 0.6) is 0 Å². The molecule has 1 saturated carbocycles. The Kier molecular flexibility index (Phi) is 5.08. The lowest BCUT2D eigenvalue weighted by Gasteiger charge is -2.27. The Morgan fingerprint density at radius 3 is 2.42 bits per heavy atom. The molecule has 0 aromatic rings. The second-order valence-electron chi connectivity index (χ2n) is 3.65. The topological polar surface area (TPSA) is 20.2 Å². The van der Waals surface area contributed by atoms with Gasteiger partial charge in [0.1, 0.15) is 0 Å². The van der Waals surface area contributed by atoms with E-state index in [-0.39, 0.29) is 0 Å². The van der Waals surface area contributed by atoms with Crippen LogP contribution in [0.15, 0.2) is 0 Å². The minimum Gasteiger partial charge on any atom is -0.396 e. The third-order valence-corrected chi connectivity index (χ3v) is 4.18. The monoisotopic (exact) mass is 188 g/mol. The van der Waals surface area contributed by atoms with Crippen LogP contribution in [-0.2, 0) is 0 Å². The van der Waals surface area contributed by atoms with Crippen LogP contribution < -0.4 is 0 Å². The Labute approximate surface area is 79.9 Å². The van der Waals surface area contributed by atoms with Gasteiger partial charge in [0.25, 0.3) is 0 Å². The zero-order valence-corrected chi connectivity index (χ0v) is 8.78. The smallest absolute Gasteiger partial charge is 0.0521 e. The SMILES string of the molecule is CCC1CCC(SCCO)CC1. The number of rotatable bonds is 4. The van der Waals surface area contributed by atoms with Gasteiger partial charge in [-0.25, -0.2) is 0 Å². The van der Waals surface area contributed by atoms with Gasteiger partial charge in [0.05, 0.1) is 6.61 Å². The maximum atomic E-state index is 8.67. The van der Waals surface area contributed by atoms with E-state index < -0.39 is 0 Å². The molecule has 1 fully saturated rings. The third-order valence-electron chi connectivity index (χ3n) is 2.82. The van der Waals surface area contributed by atoms with Crippen LogP contribution >= 0.6 is 11.8 Å². The molecule has 0 saturated heterocycles. The predicted octanol–water partition coefficient (Wildman–Crippen LogP) is 2.68. The molecule has 12 heavy (non-hydrogen) atoms. The van der Waals surface area contributed by atoms with Crippen LogP contribution in [0.1, 0.15) is 39.0 Å². The lowest BCUT2D eigenvalue weighted by molar-refractivity contribution is 0.321. The molecule has 0 heterocycles. The molecule has 0 amide bonds. The average molecular weight is 188 g/mol. The fourth-order valence-electron chi connectivity index (χ4n) is 1.93. The van der Waals surface area contributed by atoms with Crippen LogP contribution in [0.4, 0.5) is 0 Å². The molecule has 1 aliphatic rings. The van der Waals surface area contributed by atoms with Gasteiger partial charge >= 0.3 is 0 Å². The van der Waals surface area contributed by atoms with Crippen molar-refractivity contribution in [3.8, 4) is 0 Å². The van der Waals surface area contributed by atoms with E-state index in [0.29, 0.717) is 6.61 Å². The summed E-state index contributed by atoms with van der Waals surface area (Å²) in [7, 11) is 0. The van der Waals surface area contributed by atoms with Crippen molar-refractivity contribution in [2.45, 2.75) is 44.3 Å². The predicted molar refractivity (Wildman–Crippen MR) is 55.6 cm³/mol. The quantitative estimate of drug-likeness (QED) is 0.732. The van der Waals surface area contributed by atoms with E-state index in [1.807, 2.05) is 11.8 Å². The van der Waals surface area contributed by atoms with E-state index >= 15 is 0 Å². The van der Waals surface area contributed by atoms with Crippen LogP contribution in [0.25, 0.3) is 0 Å². The van der Waals surface area contributed by atoms with Gasteiger partial charge in [-0.3, -0.25) is 0 Å². The van der Waals surface area contributed by atoms with E-state index in [1.165, 1.54) is 32.1 Å².